The molecule has 17 heteroatoms. The monoisotopic (exact) mass is 752 g/mol. The van der Waals surface area contributed by atoms with E-state index in [9.17, 15) is 19.2 Å². The molecule has 2 atom stereocenters. The van der Waals surface area contributed by atoms with E-state index in [0.29, 0.717) is 39.5 Å². The summed E-state index contributed by atoms with van der Waals surface area (Å²) in [5.41, 5.74) is 2.87. The fourth-order valence-corrected chi connectivity index (χ4v) is 8.43. The molecule has 0 spiro atoms. The fraction of sp³-hybridized carbons (Fsp3) is 0.200. The number of carbonyl (C=O) groups excluding carboxylic acids is 4. The van der Waals surface area contributed by atoms with E-state index in [4.69, 9.17) is 4.74 Å². The summed E-state index contributed by atoms with van der Waals surface area (Å²) in [6.45, 7) is 0. The summed E-state index contributed by atoms with van der Waals surface area (Å²) >= 11 is 7.14. The highest BCUT2D eigenvalue weighted by atomic mass is 79.9. The number of β-lactam (4-membered cyclic amide) rings is 1. The van der Waals surface area contributed by atoms with Crippen molar-refractivity contribution in [3.8, 4) is 0 Å². The van der Waals surface area contributed by atoms with Gasteiger partial charge in [-0.3, -0.25) is 19.3 Å². The molecule has 0 aliphatic carbocycles. The molecular weight excluding hydrogens is 728 g/mol. The summed E-state index contributed by atoms with van der Waals surface area (Å²) in [5.74, 6) is -0.911. The van der Waals surface area contributed by atoms with Crippen LogP contribution in [-0.4, -0.2) is 77.2 Å². The maximum Gasteiger partial charge on any atom is 0.356 e. The predicted octanol–water partition coefficient (Wildman–Crippen LogP) is 3.75. The van der Waals surface area contributed by atoms with Gasteiger partial charge in [0, 0.05) is 23.9 Å². The summed E-state index contributed by atoms with van der Waals surface area (Å²) in [6.07, 6.45) is -0.227. The summed E-state index contributed by atoms with van der Waals surface area (Å²) in [4.78, 5) is 59.1. The van der Waals surface area contributed by atoms with Crippen LogP contribution in [-0.2, 0) is 31.0 Å². The topological polar surface area (TPSA) is 161 Å². The summed E-state index contributed by atoms with van der Waals surface area (Å²) in [6, 6.07) is 17.9. The quantitative estimate of drug-likeness (QED) is 0.0713. The van der Waals surface area contributed by atoms with Gasteiger partial charge in [-0.25, -0.2) is 14.5 Å². The van der Waals surface area contributed by atoms with Crippen LogP contribution in [0.2, 0.25) is 0 Å². The lowest BCUT2D eigenvalue weighted by Gasteiger charge is -2.49. The predicted molar refractivity (Wildman–Crippen MR) is 181 cm³/mol. The molecule has 2 aromatic carbocycles. The van der Waals surface area contributed by atoms with Crippen LogP contribution in [0, 0.1) is 0 Å². The number of nitrogens with one attached hydrogen (secondary N) is 2. The third-order valence-electron chi connectivity index (χ3n) is 7.23. The van der Waals surface area contributed by atoms with Crippen LogP contribution in [0.3, 0.4) is 0 Å². The molecule has 0 saturated carbocycles. The number of thiazole rings is 1. The normalized spacial score (nSPS) is 17.6. The molecule has 4 heterocycles. The molecule has 2 aliphatic heterocycles. The number of ether oxygens (including phenoxy) is 1. The average molecular weight is 754 g/mol. The van der Waals surface area contributed by atoms with Crippen molar-refractivity contribution in [2.24, 2.45) is 7.05 Å². The lowest BCUT2D eigenvalue weighted by molar-refractivity contribution is -0.154. The average Bonchev–Trinajstić information content (AvgIpc) is 3.74. The second-order valence-electron chi connectivity index (χ2n) is 10.1. The van der Waals surface area contributed by atoms with Gasteiger partial charge in [-0.05, 0) is 32.1 Å². The minimum atomic E-state index is -0.903. The van der Waals surface area contributed by atoms with E-state index in [0.717, 1.165) is 22.5 Å². The number of tetrazole rings is 1. The maximum absolute atomic E-state index is 14.2. The van der Waals surface area contributed by atoms with Gasteiger partial charge < -0.3 is 15.4 Å². The molecule has 2 aliphatic rings. The molecule has 4 aromatic rings. The molecule has 6 rings (SSSR count). The number of fused-ring (bicyclic) bond motifs is 1. The van der Waals surface area contributed by atoms with Crippen LogP contribution in [0.5, 0.6) is 0 Å². The second kappa shape index (κ2) is 14.6. The molecular formula is C30H25BrN8O5S3. The molecule has 2 N–H and O–H groups in total. The van der Waals surface area contributed by atoms with Crippen LogP contribution in [0.15, 0.2) is 87.5 Å². The minimum Gasteiger partial charge on any atom is -0.448 e. The number of anilines is 1. The van der Waals surface area contributed by atoms with Crippen molar-refractivity contribution in [3.05, 3.63) is 99.1 Å². The summed E-state index contributed by atoms with van der Waals surface area (Å²) < 4.78 is 7.74. The number of hydrogen-bond donors (Lipinski definition) is 2. The zero-order valence-corrected chi connectivity index (χ0v) is 28.5. The number of nitrogens with zero attached hydrogens (tertiary/aromatic N) is 6. The summed E-state index contributed by atoms with van der Waals surface area (Å²) in [7, 11) is 1.72. The van der Waals surface area contributed by atoms with Crippen LogP contribution >= 0.6 is 50.8 Å². The van der Waals surface area contributed by atoms with Gasteiger partial charge >= 0.3 is 5.97 Å². The van der Waals surface area contributed by atoms with Crippen LogP contribution < -0.4 is 10.6 Å². The van der Waals surface area contributed by atoms with Crippen LogP contribution in [0.4, 0.5) is 5.13 Å². The van der Waals surface area contributed by atoms with Gasteiger partial charge in [0.1, 0.15) is 17.1 Å². The van der Waals surface area contributed by atoms with Crippen molar-refractivity contribution < 1.29 is 23.9 Å². The summed E-state index contributed by atoms with van der Waals surface area (Å²) in [5, 5.41) is 18.8. The van der Waals surface area contributed by atoms with Gasteiger partial charge in [0.25, 0.3) is 11.8 Å². The SMILES string of the molecule is Cn1nnnc1SCC1=C(C(=O)OC(c2ccccc2)c2ccccc2)N2C(=O)C(NC(=O)C(=CBr)c3csc(NC=O)n3)[C@@H]2SC1. The molecule has 0 bridgehead atoms. The van der Waals surface area contributed by atoms with Gasteiger partial charge in [0.2, 0.25) is 11.6 Å². The van der Waals surface area contributed by atoms with Crippen LogP contribution in [0.25, 0.3) is 5.57 Å². The zero-order chi connectivity index (χ0) is 32.9. The molecule has 2 aromatic heterocycles. The van der Waals surface area contributed by atoms with Crippen molar-refractivity contribution in [2.75, 3.05) is 16.8 Å². The first-order valence-corrected chi connectivity index (χ1v) is 17.8. The Morgan fingerprint density at radius 2 is 1.85 bits per heavy atom. The van der Waals surface area contributed by atoms with E-state index in [2.05, 4.69) is 47.1 Å². The highest BCUT2D eigenvalue weighted by Gasteiger charge is 2.54. The van der Waals surface area contributed by atoms with Gasteiger partial charge in [-0.15, -0.1) is 28.2 Å². The first-order chi connectivity index (χ1) is 22.9. The number of benzene rings is 2. The molecule has 240 valence electrons. The van der Waals surface area contributed by atoms with E-state index in [1.54, 1.807) is 12.4 Å². The molecule has 1 saturated heterocycles. The lowest BCUT2D eigenvalue weighted by atomic mass is 10.0. The standard InChI is InChI=1S/C30H25BrN8O5S3/c1-38-30(35-36-37-38)47-14-19-13-45-27-22(34-25(41)20(12-31)21-15-46-29(33-21)32-16-40)26(42)39(27)23(19)28(43)44-24(17-8-4-2-5-9-17)18-10-6-3-7-11-18/h2-12,15-16,22,24,27H,13-14H2,1H3,(H,34,41)(H,32,33,40)/t22?,27-/m0/s1. The Balaban J connectivity index is 1.27. The molecule has 0 radical (unpaired) electrons. The third kappa shape index (κ3) is 6.88. The van der Waals surface area contributed by atoms with Crippen molar-refractivity contribution in [1.29, 1.82) is 0 Å². The van der Waals surface area contributed by atoms with Crippen LogP contribution in [0.1, 0.15) is 22.9 Å². The first kappa shape index (κ1) is 32.6. The Morgan fingerprint density at radius 3 is 2.47 bits per heavy atom. The van der Waals surface area contributed by atoms with E-state index in [-0.39, 0.29) is 11.3 Å². The Morgan fingerprint density at radius 1 is 1.15 bits per heavy atom. The van der Waals surface area contributed by atoms with Gasteiger partial charge in [-0.1, -0.05) is 88.4 Å². The van der Waals surface area contributed by atoms with Gasteiger partial charge in [0.15, 0.2) is 11.2 Å². The smallest absolute Gasteiger partial charge is 0.356 e. The molecule has 1 fully saturated rings. The Bertz CT molecular complexity index is 1830. The largest absolute Gasteiger partial charge is 0.448 e. The van der Waals surface area contributed by atoms with E-state index in [1.165, 1.54) is 38.1 Å². The lowest BCUT2D eigenvalue weighted by Crippen LogP contribution is -2.70. The number of aryl methyl sites for hydroxylation is 1. The molecule has 3 amide bonds. The Hall–Kier alpha value is -4.32. The number of halogens is 1. The Kier molecular flexibility index (Phi) is 10.1. The first-order valence-electron chi connectivity index (χ1n) is 14.0. The molecule has 1 unspecified atom stereocenters. The maximum atomic E-state index is 14.2. The number of amides is 3. The van der Waals surface area contributed by atoms with E-state index >= 15 is 0 Å². The van der Waals surface area contributed by atoms with Crippen molar-refractivity contribution in [3.63, 3.8) is 0 Å². The zero-order valence-electron chi connectivity index (χ0n) is 24.5. The highest BCUT2D eigenvalue weighted by molar-refractivity contribution is 9.11. The number of aromatic nitrogens is 5. The minimum absolute atomic E-state index is 0.143. The molecule has 47 heavy (non-hydrogen) atoms. The van der Waals surface area contributed by atoms with Gasteiger partial charge in [0.05, 0.1) is 11.3 Å². The highest BCUT2D eigenvalue weighted by Crippen LogP contribution is 2.43. The number of thioether (sulfide) groups is 2. The molecule has 13 nitrogen and oxygen atoms in total. The Labute approximate surface area is 289 Å². The van der Waals surface area contributed by atoms with E-state index in [1.807, 2.05) is 60.7 Å². The number of hydrogen-bond acceptors (Lipinski definition) is 12. The number of esters is 1. The number of carbonyl (C=O) groups is 4. The van der Waals surface area contributed by atoms with Crippen molar-refractivity contribution in [1.82, 2.24) is 35.4 Å². The second-order valence-corrected chi connectivity index (χ2v) is 13.5. The van der Waals surface area contributed by atoms with Gasteiger partial charge in [-0.2, -0.15) is 0 Å². The van der Waals surface area contributed by atoms with Crippen molar-refractivity contribution in [2.45, 2.75) is 22.7 Å². The van der Waals surface area contributed by atoms with E-state index < -0.39 is 35.3 Å². The van der Waals surface area contributed by atoms with Crippen molar-refractivity contribution >= 4 is 85.7 Å². The fourth-order valence-electron chi connectivity index (χ4n) is 4.98. The number of rotatable bonds is 12. The third-order valence-corrected chi connectivity index (χ3v) is 10.9.